The van der Waals surface area contributed by atoms with E-state index in [1.807, 2.05) is 0 Å². The van der Waals surface area contributed by atoms with E-state index in [9.17, 15) is 4.79 Å². The summed E-state index contributed by atoms with van der Waals surface area (Å²) >= 11 is 1.22. The lowest BCUT2D eigenvalue weighted by Gasteiger charge is -2.07. The number of nitrogens with zero attached hydrogens (tertiary/aromatic N) is 2. The fourth-order valence-corrected chi connectivity index (χ4v) is 2.03. The van der Waals surface area contributed by atoms with Crippen molar-refractivity contribution in [3.05, 3.63) is 5.82 Å². The quantitative estimate of drug-likeness (QED) is 0.750. The zero-order valence-corrected chi connectivity index (χ0v) is 8.73. The molecular weight excluding hydrogens is 200 g/mol. The smallest absolute Gasteiger partial charge is 0.243 e. The maximum absolute atomic E-state index is 11.6. The molecule has 0 spiro atoms. The number of carbonyl (C=O) groups is 1. The van der Waals surface area contributed by atoms with Gasteiger partial charge in [-0.25, -0.2) is 4.98 Å². The van der Waals surface area contributed by atoms with Crippen LogP contribution in [0.2, 0.25) is 0 Å². The number of hydrogen-bond acceptors (Lipinski definition) is 5. The molecule has 0 unspecified atom stereocenters. The Bertz CT molecular complexity index is 332. The van der Waals surface area contributed by atoms with Gasteiger partial charge in [0.2, 0.25) is 11.0 Å². The predicted octanol–water partition coefficient (Wildman–Crippen LogP) is 0.537. The minimum absolute atomic E-state index is 0.00125. The second-order valence-corrected chi connectivity index (χ2v) is 4.04. The van der Waals surface area contributed by atoms with Crippen LogP contribution in [0.25, 0.3) is 0 Å². The molecule has 0 saturated carbocycles. The van der Waals surface area contributed by atoms with Crippen molar-refractivity contribution in [1.29, 1.82) is 0 Å². The van der Waals surface area contributed by atoms with Gasteiger partial charge in [0.15, 0.2) is 0 Å². The Morgan fingerprint density at radius 3 is 3.14 bits per heavy atom. The van der Waals surface area contributed by atoms with Crippen molar-refractivity contribution in [2.45, 2.75) is 25.8 Å². The van der Waals surface area contributed by atoms with Crippen molar-refractivity contribution in [3.63, 3.8) is 0 Å². The summed E-state index contributed by atoms with van der Waals surface area (Å²) in [5.41, 5.74) is 0. The second-order valence-electron chi connectivity index (χ2n) is 3.28. The van der Waals surface area contributed by atoms with Crippen molar-refractivity contribution in [2.75, 3.05) is 11.9 Å². The zero-order chi connectivity index (χ0) is 9.97. The summed E-state index contributed by atoms with van der Waals surface area (Å²) in [7, 11) is 0. The largest absolute Gasteiger partial charge is 0.306 e. The fourth-order valence-electron chi connectivity index (χ4n) is 1.45. The molecule has 76 valence electrons. The molecule has 1 amide bonds. The molecule has 2 rings (SSSR count). The highest BCUT2D eigenvalue weighted by atomic mass is 32.1. The number of rotatable bonds is 2. The number of hydrogen-bond donors (Lipinski definition) is 2. The van der Waals surface area contributed by atoms with Gasteiger partial charge in [0.25, 0.3) is 0 Å². The maximum Gasteiger partial charge on any atom is 0.243 e. The third-order valence-corrected chi connectivity index (χ3v) is 2.86. The number of amides is 1. The number of anilines is 1. The van der Waals surface area contributed by atoms with Gasteiger partial charge in [0.1, 0.15) is 5.82 Å². The van der Waals surface area contributed by atoms with Crippen LogP contribution < -0.4 is 10.6 Å². The lowest BCUT2D eigenvalue weighted by molar-refractivity contribution is -0.117. The average molecular weight is 212 g/mol. The lowest BCUT2D eigenvalue weighted by Crippen LogP contribution is -2.35. The highest BCUT2D eigenvalue weighted by Gasteiger charge is 2.22. The van der Waals surface area contributed by atoms with Crippen LogP contribution in [0.15, 0.2) is 0 Å². The van der Waals surface area contributed by atoms with E-state index >= 15 is 0 Å². The minimum atomic E-state index is -0.0563. The van der Waals surface area contributed by atoms with Crippen molar-refractivity contribution in [3.8, 4) is 0 Å². The monoisotopic (exact) mass is 212 g/mol. The van der Waals surface area contributed by atoms with E-state index in [-0.39, 0.29) is 11.9 Å². The molecule has 0 aromatic carbocycles. The maximum atomic E-state index is 11.6. The molecule has 5 nitrogen and oxygen atoms in total. The molecular formula is C8H12N4OS. The number of aromatic nitrogens is 2. The van der Waals surface area contributed by atoms with Crippen LogP contribution in [0.3, 0.4) is 0 Å². The highest BCUT2D eigenvalue weighted by molar-refractivity contribution is 7.09. The van der Waals surface area contributed by atoms with Gasteiger partial charge in [-0.2, -0.15) is 4.37 Å². The molecule has 1 aliphatic heterocycles. The van der Waals surface area contributed by atoms with Crippen LogP contribution >= 0.6 is 11.5 Å². The number of carbonyl (C=O) groups excluding carboxylic acids is 1. The molecule has 14 heavy (non-hydrogen) atoms. The SMILES string of the molecule is Cc1nsc(NC(=O)[C@@H]2CCCN2)n1. The third kappa shape index (κ3) is 2.08. The van der Waals surface area contributed by atoms with Crippen molar-refractivity contribution < 1.29 is 4.79 Å². The molecule has 1 fully saturated rings. The Balaban J connectivity index is 1.93. The van der Waals surface area contributed by atoms with E-state index in [0.717, 1.165) is 19.4 Å². The first kappa shape index (κ1) is 9.54. The van der Waals surface area contributed by atoms with Crippen LogP contribution in [-0.4, -0.2) is 27.9 Å². The molecule has 6 heteroatoms. The van der Waals surface area contributed by atoms with Crippen molar-refractivity contribution >= 4 is 22.6 Å². The van der Waals surface area contributed by atoms with Gasteiger partial charge in [0, 0.05) is 11.5 Å². The summed E-state index contributed by atoms with van der Waals surface area (Å²) in [5, 5.41) is 6.46. The predicted molar refractivity (Wildman–Crippen MR) is 54.3 cm³/mol. The summed E-state index contributed by atoms with van der Waals surface area (Å²) < 4.78 is 3.99. The van der Waals surface area contributed by atoms with Gasteiger partial charge < -0.3 is 5.32 Å². The van der Waals surface area contributed by atoms with Crippen LogP contribution in [0, 0.1) is 6.92 Å². The van der Waals surface area contributed by atoms with E-state index in [2.05, 4.69) is 20.0 Å². The summed E-state index contributed by atoms with van der Waals surface area (Å²) in [6.45, 7) is 2.73. The van der Waals surface area contributed by atoms with E-state index in [4.69, 9.17) is 0 Å². The summed E-state index contributed by atoms with van der Waals surface area (Å²) in [6.07, 6.45) is 1.97. The number of aryl methyl sites for hydroxylation is 1. The molecule has 1 atom stereocenters. The minimum Gasteiger partial charge on any atom is -0.306 e. The zero-order valence-electron chi connectivity index (χ0n) is 7.91. The second kappa shape index (κ2) is 4.02. The average Bonchev–Trinajstić information content (AvgIpc) is 2.75. The molecule has 1 aliphatic rings. The van der Waals surface area contributed by atoms with E-state index in [0.29, 0.717) is 11.0 Å². The fraction of sp³-hybridized carbons (Fsp3) is 0.625. The molecule has 2 heterocycles. The van der Waals surface area contributed by atoms with E-state index in [1.54, 1.807) is 6.92 Å². The highest BCUT2D eigenvalue weighted by Crippen LogP contribution is 2.12. The van der Waals surface area contributed by atoms with Gasteiger partial charge in [-0.15, -0.1) is 0 Å². The van der Waals surface area contributed by atoms with Gasteiger partial charge in [-0.3, -0.25) is 10.1 Å². The Labute approximate surface area is 86.1 Å². The van der Waals surface area contributed by atoms with Gasteiger partial charge >= 0.3 is 0 Å². The summed E-state index contributed by atoms with van der Waals surface area (Å²) in [6, 6.07) is -0.0563. The molecule has 2 N–H and O–H groups in total. The Kier molecular flexibility index (Phi) is 2.74. The first-order chi connectivity index (χ1) is 6.75. The Morgan fingerprint density at radius 2 is 2.57 bits per heavy atom. The molecule has 0 aliphatic carbocycles. The first-order valence-corrected chi connectivity index (χ1v) is 5.37. The standard InChI is InChI=1S/C8H12N4OS/c1-5-10-8(14-12-5)11-7(13)6-3-2-4-9-6/h6,9H,2-4H2,1H3,(H,10,11,12,13)/t6-/m0/s1. The third-order valence-electron chi connectivity index (χ3n) is 2.13. The summed E-state index contributed by atoms with van der Waals surface area (Å²) in [5.74, 6) is 0.698. The van der Waals surface area contributed by atoms with Crippen molar-refractivity contribution in [2.24, 2.45) is 0 Å². The molecule has 1 saturated heterocycles. The Morgan fingerprint density at radius 1 is 1.71 bits per heavy atom. The summed E-state index contributed by atoms with van der Waals surface area (Å²) in [4.78, 5) is 15.7. The Hall–Kier alpha value is -1.01. The topological polar surface area (TPSA) is 66.9 Å². The van der Waals surface area contributed by atoms with Crippen LogP contribution in [-0.2, 0) is 4.79 Å². The van der Waals surface area contributed by atoms with E-state index in [1.165, 1.54) is 11.5 Å². The molecule has 0 radical (unpaired) electrons. The van der Waals surface area contributed by atoms with E-state index < -0.39 is 0 Å². The molecule has 1 aromatic rings. The lowest BCUT2D eigenvalue weighted by atomic mass is 10.2. The van der Waals surface area contributed by atoms with Gasteiger partial charge in [0.05, 0.1) is 6.04 Å². The van der Waals surface area contributed by atoms with Crippen LogP contribution in [0.4, 0.5) is 5.13 Å². The number of nitrogens with one attached hydrogen (secondary N) is 2. The van der Waals surface area contributed by atoms with Crippen LogP contribution in [0.1, 0.15) is 18.7 Å². The molecule has 1 aromatic heterocycles. The van der Waals surface area contributed by atoms with Crippen LogP contribution in [0.5, 0.6) is 0 Å². The first-order valence-electron chi connectivity index (χ1n) is 4.60. The van der Waals surface area contributed by atoms with Gasteiger partial charge in [-0.05, 0) is 26.3 Å². The van der Waals surface area contributed by atoms with Gasteiger partial charge in [-0.1, -0.05) is 0 Å². The molecule has 0 bridgehead atoms. The normalized spacial score (nSPS) is 21.1. The van der Waals surface area contributed by atoms with Crippen molar-refractivity contribution in [1.82, 2.24) is 14.7 Å².